The molecule has 5 fully saturated rings. The van der Waals surface area contributed by atoms with Gasteiger partial charge >= 0.3 is 0 Å². The number of likely N-dealkylation sites (N-methyl/N-ethyl adjacent to an activating group) is 1. The Labute approximate surface area is 174 Å². The summed E-state index contributed by atoms with van der Waals surface area (Å²) in [5, 5.41) is 0. The van der Waals surface area contributed by atoms with Crippen LogP contribution in [0.3, 0.4) is 0 Å². The molecule has 4 nitrogen and oxygen atoms in total. The average molecular weight is 395 g/mol. The van der Waals surface area contributed by atoms with Gasteiger partial charge in [-0.05, 0) is 81.6 Å². The zero-order chi connectivity index (χ0) is 20.2. The van der Waals surface area contributed by atoms with Crippen LogP contribution in [-0.4, -0.2) is 41.2 Å². The third-order valence-corrected chi connectivity index (χ3v) is 8.50. The molecule has 5 aliphatic rings. The fourth-order valence-electron chi connectivity index (χ4n) is 7.32. The highest BCUT2D eigenvalue weighted by Crippen LogP contribution is 2.60. The SMILES string of the molecule is CC(c1ccccc1)N(C)C(=O)C1CCCN1C(=O)C12CC3CC(CC(C3)C1)C2. The zero-order valence-electron chi connectivity index (χ0n) is 17.8. The Kier molecular flexibility index (Phi) is 4.71. The molecule has 4 aliphatic carbocycles. The molecule has 1 heterocycles. The number of likely N-dealkylation sites (tertiary alicyclic amines) is 1. The third-order valence-electron chi connectivity index (χ3n) is 8.50. The molecule has 4 saturated carbocycles. The normalized spacial score (nSPS) is 36.3. The molecule has 2 amide bonds. The van der Waals surface area contributed by atoms with Crippen molar-refractivity contribution < 1.29 is 9.59 Å². The van der Waals surface area contributed by atoms with Gasteiger partial charge in [-0.3, -0.25) is 9.59 Å². The second-order valence-electron chi connectivity index (χ2n) is 10.4. The molecule has 29 heavy (non-hydrogen) atoms. The fourth-order valence-corrected chi connectivity index (χ4v) is 7.32. The van der Waals surface area contributed by atoms with E-state index in [2.05, 4.69) is 19.1 Å². The number of amides is 2. The van der Waals surface area contributed by atoms with Gasteiger partial charge in [0.05, 0.1) is 11.5 Å². The number of rotatable bonds is 4. The second-order valence-corrected chi connectivity index (χ2v) is 10.4. The molecule has 2 unspecified atom stereocenters. The lowest BCUT2D eigenvalue weighted by atomic mass is 9.49. The van der Waals surface area contributed by atoms with Crippen molar-refractivity contribution in [2.24, 2.45) is 23.2 Å². The molecule has 1 aliphatic heterocycles. The predicted octanol–water partition coefficient (Wildman–Crippen LogP) is 4.41. The van der Waals surface area contributed by atoms with Gasteiger partial charge in [-0.2, -0.15) is 0 Å². The van der Waals surface area contributed by atoms with E-state index in [0.717, 1.165) is 62.0 Å². The van der Waals surface area contributed by atoms with E-state index < -0.39 is 0 Å². The minimum atomic E-state index is -0.272. The largest absolute Gasteiger partial charge is 0.337 e. The Balaban J connectivity index is 1.33. The third kappa shape index (κ3) is 3.19. The standard InChI is InChI=1S/C25H34N2O2/c1-17(21-7-4-3-5-8-21)26(2)23(28)22-9-6-10-27(22)24(29)25-14-18-11-19(15-25)13-20(12-18)16-25/h3-5,7-8,17-20,22H,6,9-16H2,1-2H3. The lowest BCUT2D eigenvalue weighted by Gasteiger charge is -2.56. The van der Waals surface area contributed by atoms with Gasteiger partial charge in [-0.25, -0.2) is 0 Å². The minimum absolute atomic E-state index is 0.0146. The summed E-state index contributed by atoms with van der Waals surface area (Å²) in [5.74, 6) is 2.68. The van der Waals surface area contributed by atoms with Crippen molar-refractivity contribution in [3.63, 3.8) is 0 Å². The van der Waals surface area contributed by atoms with E-state index in [9.17, 15) is 9.59 Å². The summed E-state index contributed by atoms with van der Waals surface area (Å²) in [6.07, 6.45) is 9.00. The van der Waals surface area contributed by atoms with Gasteiger partial charge in [0, 0.05) is 13.6 Å². The molecule has 0 N–H and O–H groups in total. The van der Waals surface area contributed by atoms with E-state index in [0.29, 0.717) is 5.91 Å². The van der Waals surface area contributed by atoms with Crippen LogP contribution in [0.15, 0.2) is 30.3 Å². The molecular formula is C25H34N2O2. The predicted molar refractivity (Wildman–Crippen MR) is 113 cm³/mol. The highest BCUT2D eigenvalue weighted by atomic mass is 16.2. The first kappa shape index (κ1) is 19.1. The Hall–Kier alpha value is -1.84. The highest BCUT2D eigenvalue weighted by Gasteiger charge is 2.57. The number of benzene rings is 1. The number of nitrogens with zero attached hydrogens (tertiary/aromatic N) is 2. The van der Waals surface area contributed by atoms with Crippen LogP contribution in [0.5, 0.6) is 0 Å². The van der Waals surface area contributed by atoms with Gasteiger partial charge in [0.2, 0.25) is 11.8 Å². The monoisotopic (exact) mass is 394 g/mol. The highest BCUT2D eigenvalue weighted by molar-refractivity contribution is 5.91. The summed E-state index contributed by atoms with van der Waals surface area (Å²) in [4.78, 5) is 31.1. The van der Waals surface area contributed by atoms with Crippen molar-refractivity contribution in [2.45, 2.75) is 70.4 Å². The van der Waals surface area contributed by atoms with Crippen molar-refractivity contribution in [1.29, 1.82) is 0 Å². The summed E-state index contributed by atoms with van der Waals surface area (Å²) < 4.78 is 0. The van der Waals surface area contributed by atoms with Gasteiger partial charge in [-0.1, -0.05) is 30.3 Å². The summed E-state index contributed by atoms with van der Waals surface area (Å²) in [7, 11) is 1.89. The van der Waals surface area contributed by atoms with Crippen LogP contribution in [0, 0.1) is 23.2 Å². The molecule has 0 aromatic heterocycles. The Morgan fingerprint density at radius 3 is 2.21 bits per heavy atom. The van der Waals surface area contributed by atoms with Gasteiger partial charge in [-0.15, -0.1) is 0 Å². The molecule has 1 aromatic rings. The molecule has 4 bridgehead atoms. The Morgan fingerprint density at radius 2 is 1.62 bits per heavy atom. The number of carbonyl (C=O) groups excluding carboxylic acids is 2. The van der Waals surface area contributed by atoms with Crippen molar-refractivity contribution in [2.75, 3.05) is 13.6 Å². The summed E-state index contributed by atoms with van der Waals surface area (Å²) in [6, 6.07) is 9.92. The average Bonchev–Trinajstić information content (AvgIpc) is 3.21. The van der Waals surface area contributed by atoms with Crippen molar-refractivity contribution in [3.8, 4) is 0 Å². The van der Waals surface area contributed by atoms with Crippen molar-refractivity contribution >= 4 is 11.8 Å². The van der Waals surface area contributed by atoms with Crippen LogP contribution in [0.2, 0.25) is 0 Å². The number of hydrogen-bond donors (Lipinski definition) is 0. The van der Waals surface area contributed by atoms with Crippen LogP contribution < -0.4 is 0 Å². The first-order valence-electron chi connectivity index (χ1n) is 11.6. The van der Waals surface area contributed by atoms with Gasteiger partial charge in [0.15, 0.2) is 0 Å². The quantitative estimate of drug-likeness (QED) is 0.759. The first-order valence-corrected chi connectivity index (χ1v) is 11.6. The van der Waals surface area contributed by atoms with Crippen LogP contribution >= 0.6 is 0 Å². The molecule has 1 aromatic carbocycles. The lowest BCUT2D eigenvalue weighted by molar-refractivity contribution is -0.162. The molecule has 1 saturated heterocycles. The zero-order valence-corrected chi connectivity index (χ0v) is 17.8. The first-order chi connectivity index (χ1) is 14.0. The van der Waals surface area contributed by atoms with Crippen LogP contribution in [0.25, 0.3) is 0 Å². The molecule has 0 spiro atoms. The summed E-state index contributed by atoms with van der Waals surface area (Å²) >= 11 is 0. The maximum Gasteiger partial charge on any atom is 0.245 e. The van der Waals surface area contributed by atoms with E-state index in [1.165, 1.54) is 19.3 Å². The Morgan fingerprint density at radius 1 is 1.03 bits per heavy atom. The maximum absolute atomic E-state index is 13.8. The van der Waals surface area contributed by atoms with Crippen LogP contribution in [0.4, 0.5) is 0 Å². The van der Waals surface area contributed by atoms with Gasteiger partial charge in [0.1, 0.15) is 6.04 Å². The molecule has 4 heteroatoms. The minimum Gasteiger partial charge on any atom is -0.337 e. The maximum atomic E-state index is 13.8. The van der Waals surface area contributed by atoms with E-state index in [1.54, 1.807) is 0 Å². The fraction of sp³-hybridized carbons (Fsp3) is 0.680. The van der Waals surface area contributed by atoms with Crippen LogP contribution in [-0.2, 0) is 9.59 Å². The molecular weight excluding hydrogens is 360 g/mol. The second kappa shape index (κ2) is 7.14. The van der Waals surface area contributed by atoms with Crippen molar-refractivity contribution in [1.82, 2.24) is 9.80 Å². The molecule has 0 radical (unpaired) electrons. The molecule has 2 atom stereocenters. The Bertz CT molecular complexity index is 754. The van der Waals surface area contributed by atoms with E-state index >= 15 is 0 Å². The summed E-state index contributed by atoms with van der Waals surface area (Å²) in [5.41, 5.74) is 0.988. The van der Waals surface area contributed by atoms with Crippen LogP contribution in [0.1, 0.15) is 69.9 Å². The smallest absolute Gasteiger partial charge is 0.245 e. The van der Waals surface area contributed by atoms with Gasteiger partial charge in [0.25, 0.3) is 0 Å². The van der Waals surface area contributed by atoms with E-state index in [1.807, 2.05) is 35.0 Å². The van der Waals surface area contributed by atoms with Gasteiger partial charge < -0.3 is 9.80 Å². The van der Waals surface area contributed by atoms with E-state index in [4.69, 9.17) is 0 Å². The topological polar surface area (TPSA) is 40.6 Å². The van der Waals surface area contributed by atoms with Crippen molar-refractivity contribution in [3.05, 3.63) is 35.9 Å². The molecule has 6 rings (SSSR count). The molecule has 156 valence electrons. The summed E-state index contributed by atoms with van der Waals surface area (Å²) in [6.45, 7) is 2.83. The lowest BCUT2D eigenvalue weighted by Crippen LogP contribution is -2.57. The number of carbonyl (C=O) groups is 2. The van der Waals surface area contributed by atoms with E-state index in [-0.39, 0.29) is 23.4 Å². The number of hydrogen-bond acceptors (Lipinski definition) is 2.